The molecule has 2 aromatic carbocycles. The van der Waals surface area contributed by atoms with Crippen LogP contribution >= 0.6 is 0 Å². The van der Waals surface area contributed by atoms with Crippen LogP contribution in [0.25, 0.3) is 11.1 Å². The fourth-order valence-corrected chi connectivity index (χ4v) is 3.23. The summed E-state index contributed by atoms with van der Waals surface area (Å²) >= 11 is 0. The third-order valence-electron chi connectivity index (χ3n) is 4.73. The number of fused-ring (bicyclic) bond motifs is 1. The van der Waals surface area contributed by atoms with Crippen molar-refractivity contribution in [3.05, 3.63) is 70.8 Å². The van der Waals surface area contributed by atoms with Crippen LogP contribution in [-0.4, -0.2) is 21.6 Å². The molecule has 4 aromatic rings. The number of hydrogen-bond acceptors (Lipinski definition) is 7. The molecule has 0 aliphatic heterocycles. The number of methoxy groups -OCH3 is 1. The van der Waals surface area contributed by atoms with Gasteiger partial charge in [-0.25, -0.2) is 9.78 Å². The number of aromatic nitrogens is 3. The van der Waals surface area contributed by atoms with Gasteiger partial charge in [0.05, 0.1) is 12.6 Å². The first-order valence-corrected chi connectivity index (χ1v) is 9.34. The number of aryl methyl sites for hydroxylation is 3. The third-order valence-corrected chi connectivity index (χ3v) is 4.73. The average molecular weight is 404 g/mol. The summed E-state index contributed by atoms with van der Waals surface area (Å²) in [4.78, 5) is 20.8. The molecule has 8 heteroatoms. The van der Waals surface area contributed by atoms with E-state index in [4.69, 9.17) is 9.15 Å². The van der Waals surface area contributed by atoms with E-state index in [-0.39, 0.29) is 0 Å². The molecule has 0 saturated carbocycles. The number of rotatable bonds is 5. The van der Waals surface area contributed by atoms with E-state index in [1.54, 1.807) is 19.4 Å². The van der Waals surface area contributed by atoms with Crippen molar-refractivity contribution >= 4 is 34.2 Å². The Balaban J connectivity index is 1.66. The molecular formula is C22H22N5O3. The van der Waals surface area contributed by atoms with E-state index >= 15 is 0 Å². The molecule has 0 aliphatic rings. The maximum atomic E-state index is 11.8. The number of ether oxygens (including phenoxy) is 1. The van der Waals surface area contributed by atoms with Gasteiger partial charge in [-0.2, -0.15) is 4.98 Å². The molecule has 2 aromatic heterocycles. The molecule has 0 saturated heterocycles. The number of anilines is 4. The summed E-state index contributed by atoms with van der Waals surface area (Å²) in [5.74, 6) is 1.35. The van der Waals surface area contributed by atoms with Gasteiger partial charge in [0, 0.05) is 36.2 Å². The van der Waals surface area contributed by atoms with Crippen LogP contribution in [0.4, 0.5) is 23.1 Å². The van der Waals surface area contributed by atoms with Crippen LogP contribution in [0.1, 0.15) is 16.7 Å². The molecular weight excluding hydrogens is 382 g/mol. The molecule has 0 fully saturated rings. The Hall–Kier alpha value is -3.81. The van der Waals surface area contributed by atoms with E-state index in [1.165, 1.54) is 4.57 Å². The molecule has 1 radical (unpaired) electrons. The number of oxazole rings is 1. The van der Waals surface area contributed by atoms with E-state index in [0.717, 1.165) is 33.8 Å². The highest BCUT2D eigenvalue weighted by molar-refractivity contribution is 5.82. The van der Waals surface area contributed by atoms with Gasteiger partial charge in [0.1, 0.15) is 11.6 Å². The highest BCUT2D eigenvalue weighted by Gasteiger charge is 2.12. The number of nitrogens with zero attached hydrogens (tertiary/aromatic N) is 3. The predicted molar refractivity (Wildman–Crippen MR) is 117 cm³/mol. The van der Waals surface area contributed by atoms with Gasteiger partial charge < -0.3 is 19.8 Å². The van der Waals surface area contributed by atoms with E-state index in [1.807, 2.05) is 45.0 Å². The van der Waals surface area contributed by atoms with Crippen molar-refractivity contribution in [1.82, 2.24) is 14.5 Å². The van der Waals surface area contributed by atoms with Gasteiger partial charge in [-0.05, 0) is 56.2 Å². The zero-order chi connectivity index (χ0) is 21.4. The van der Waals surface area contributed by atoms with Crippen LogP contribution in [0.15, 0.2) is 45.7 Å². The van der Waals surface area contributed by atoms with Crippen molar-refractivity contribution in [2.24, 2.45) is 0 Å². The summed E-state index contributed by atoms with van der Waals surface area (Å²) in [7, 11) is 5.37. The number of hydrogen-bond donors (Lipinski definition) is 2. The monoisotopic (exact) mass is 404 g/mol. The largest absolute Gasteiger partial charge is 0.497 e. The lowest BCUT2D eigenvalue weighted by Crippen LogP contribution is -2.06. The lowest BCUT2D eigenvalue weighted by Gasteiger charge is -2.13. The second-order valence-electron chi connectivity index (χ2n) is 7.15. The Morgan fingerprint density at radius 3 is 2.57 bits per heavy atom. The van der Waals surface area contributed by atoms with Gasteiger partial charge in [0.15, 0.2) is 5.58 Å². The predicted octanol–water partition coefficient (Wildman–Crippen LogP) is 4.45. The number of nitrogens with one attached hydrogen (secondary N) is 2. The lowest BCUT2D eigenvalue weighted by atomic mass is 10.2. The Morgan fingerprint density at radius 1 is 1.03 bits per heavy atom. The van der Waals surface area contributed by atoms with Crippen LogP contribution in [0.3, 0.4) is 0 Å². The lowest BCUT2D eigenvalue weighted by molar-refractivity contribution is 0.414. The van der Waals surface area contributed by atoms with Crippen LogP contribution < -0.4 is 21.1 Å². The molecule has 0 unspecified atom stereocenters. The summed E-state index contributed by atoms with van der Waals surface area (Å²) < 4.78 is 11.8. The van der Waals surface area contributed by atoms with E-state index in [2.05, 4.69) is 27.6 Å². The van der Waals surface area contributed by atoms with Gasteiger partial charge in [0.25, 0.3) is 0 Å². The quantitative estimate of drug-likeness (QED) is 0.508. The first kappa shape index (κ1) is 19.5. The average Bonchev–Trinajstić information content (AvgIpc) is 2.99. The summed E-state index contributed by atoms with van der Waals surface area (Å²) in [6, 6.07) is 9.52. The SMILES string of the molecule is [CH2]n1c(=O)oc2c(C)cc(Nc3nc(Nc4cc(C)cc(OC)c4)ncc3C)cc21. The van der Waals surface area contributed by atoms with E-state index in [0.29, 0.717) is 22.9 Å². The molecule has 30 heavy (non-hydrogen) atoms. The zero-order valence-corrected chi connectivity index (χ0v) is 17.2. The Kier molecular flexibility index (Phi) is 4.91. The first-order chi connectivity index (χ1) is 14.3. The van der Waals surface area contributed by atoms with E-state index < -0.39 is 5.76 Å². The van der Waals surface area contributed by atoms with Crippen molar-refractivity contribution in [2.75, 3.05) is 17.7 Å². The first-order valence-electron chi connectivity index (χ1n) is 9.34. The minimum Gasteiger partial charge on any atom is -0.497 e. The van der Waals surface area contributed by atoms with Crippen molar-refractivity contribution in [1.29, 1.82) is 0 Å². The fourth-order valence-electron chi connectivity index (χ4n) is 3.23. The second kappa shape index (κ2) is 7.55. The zero-order valence-electron chi connectivity index (χ0n) is 17.2. The smallest absolute Gasteiger partial charge is 0.420 e. The molecule has 2 heterocycles. The summed E-state index contributed by atoms with van der Waals surface area (Å²) in [5.41, 5.74) is 5.49. The van der Waals surface area contributed by atoms with Crippen LogP contribution in [0, 0.1) is 27.8 Å². The van der Waals surface area contributed by atoms with Gasteiger partial charge in [0.2, 0.25) is 5.95 Å². The van der Waals surface area contributed by atoms with Gasteiger partial charge >= 0.3 is 5.76 Å². The van der Waals surface area contributed by atoms with Crippen molar-refractivity contribution in [3.63, 3.8) is 0 Å². The standard InChI is InChI=1S/C22H22N5O3/c1-12-6-15(9-17(7-12)29-5)25-21-23-11-14(3)20(26-21)24-16-8-13(2)19-18(10-16)27(4)22(28)30-19/h6-11H,4H2,1-3,5H3,(H2,23,24,25,26). The van der Waals surface area contributed by atoms with E-state index in [9.17, 15) is 4.79 Å². The molecule has 0 amide bonds. The molecule has 4 rings (SSSR count). The molecule has 153 valence electrons. The molecule has 0 bridgehead atoms. The summed E-state index contributed by atoms with van der Waals surface area (Å²) in [6.07, 6.45) is 1.74. The molecule has 8 nitrogen and oxygen atoms in total. The van der Waals surface area contributed by atoms with Crippen LogP contribution in [0.5, 0.6) is 5.75 Å². The maximum Gasteiger partial charge on any atom is 0.420 e. The van der Waals surface area contributed by atoms with Crippen molar-refractivity contribution in [3.8, 4) is 5.75 Å². The maximum absolute atomic E-state index is 11.8. The second-order valence-corrected chi connectivity index (χ2v) is 7.15. The Morgan fingerprint density at radius 2 is 1.80 bits per heavy atom. The third kappa shape index (κ3) is 3.71. The summed E-state index contributed by atoms with van der Waals surface area (Å²) in [6.45, 7) is 5.79. The minimum absolute atomic E-state index is 0.450. The van der Waals surface area contributed by atoms with Gasteiger partial charge in [-0.3, -0.25) is 4.57 Å². The Labute approximate surface area is 173 Å². The van der Waals surface area contributed by atoms with Gasteiger partial charge in [-0.1, -0.05) is 0 Å². The van der Waals surface area contributed by atoms with Crippen LogP contribution in [0.2, 0.25) is 0 Å². The number of benzene rings is 2. The highest BCUT2D eigenvalue weighted by atomic mass is 16.5. The molecule has 2 N–H and O–H groups in total. The highest BCUT2D eigenvalue weighted by Crippen LogP contribution is 2.27. The molecule has 0 atom stereocenters. The fraction of sp³-hybridized carbons (Fsp3) is 0.182. The summed E-state index contributed by atoms with van der Waals surface area (Å²) in [5, 5.41) is 6.51. The Bertz CT molecular complexity index is 1310. The van der Waals surface area contributed by atoms with Crippen LogP contribution in [-0.2, 0) is 0 Å². The molecule has 0 spiro atoms. The van der Waals surface area contributed by atoms with Gasteiger partial charge in [-0.15, -0.1) is 0 Å². The van der Waals surface area contributed by atoms with Crippen molar-refractivity contribution < 1.29 is 9.15 Å². The minimum atomic E-state index is -0.497. The normalized spacial score (nSPS) is 11.0. The topological polar surface area (TPSA) is 94.2 Å². The van der Waals surface area contributed by atoms with Crippen molar-refractivity contribution in [2.45, 2.75) is 20.8 Å². The molecule has 0 aliphatic carbocycles.